The van der Waals surface area contributed by atoms with Crippen LogP contribution in [-0.2, 0) is 17.8 Å². The molecule has 0 aliphatic carbocycles. The number of nitriles is 1. The molecule has 1 aromatic rings. The zero-order valence-electron chi connectivity index (χ0n) is 9.78. The van der Waals surface area contributed by atoms with Gasteiger partial charge in [-0.05, 0) is 12.8 Å². The Morgan fingerprint density at radius 2 is 2.24 bits per heavy atom. The molecule has 90 valence electrons. The highest BCUT2D eigenvalue weighted by Crippen LogP contribution is 2.28. The van der Waals surface area contributed by atoms with E-state index in [1.54, 1.807) is 0 Å². The van der Waals surface area contributed by atoms with Gasteiger partial charge in [-0.25, -0.2) is 4.98 Å². The first-order valence-corrected chi connectivity index (χ1v) is 6.18. The van der Waals surface area contributed by atoms with Gasteiger partial charge in [0.25, 0.3) is 0 Å². The highest BCUT2D eigenvalue weighted by Gasteiger charge is 2.26. The van der Waals surface area contributed by atoms with Crippen LogP contribution in [0.5, 0.6) is 0 Å². The largest absolute Gasteiger partial charge is 0.381 e. The molecule has 1 N–H and O–H groups in total. The molecule has 5 nitrogen and oxygen atoms in total. The summed E-state index contributed by atoms with van der Waals surface area (Å²) in [5.41, 5.74) is 1.65. The minimum absolute atomic E-state index is 0.461. The summed E-state index contributed by atoms with van der Waals surface area (Å²) in [5.74, 6) is 1.56. The SMILES string of the molecule is N#Cc1nc(C2CCOCC2)n2c1CNCC2. The van der Waals surface area contributed by atoms with Crippen LogP contribution in [0.25, 0.3) is 0 Å². The lowest BCUT2D eigenvalue weighted by molar-refractivity contribution is 0.0826. The van der Waals surface area contributed by atoms with Crippen LogP contribution in [0.3, 0.4) is 0 Å². The van der Waals surface area contributed by atoms with E-state index in [1.165, 1.54) is 0 Å². The van der Waals surface area contributed by atoms with Crippen molar-refractivity contribution in [2.45, 2.75) is 31.8 Å². The van der Waals surface area contributed by atoms with Crippen LogP contribution >= 0.6 is 0 Å². The third-order valence-corrected chi connectivity index (χ3v) is 3.60. The van der Waals surface area contributed by atoms with Gasteiger partial charge in [0, 0.05) is 38.8 Å². The van der Waals surface area contributed by atoms with Gasteiger partial charge in [-0.3, -0.25) is 0 Å². The molecule has 1 aromatic heterocycles. The molecule has 3 rings (SSSR count). The number of hydrogen-bond acceptors (Lipinski definition) is 4. The van der Waals surface area contributed by atoms with Crippen LogP contribution < -0.4 is 5.32 Å². The van der Waals surface area contributed by atoms with Gasteiger partial charge in [-0.1, -0.05) is 0 Å². The van der Waals surface area contributed by atoms with Crippen LogP contribution in [0.4, 0.5) is 0 Å². The number of imidazole rings is 1. The van der Waals surface area contributed by atoms with Gasteiger partial charge in [-0.15, -0.1) is 0 Å². The van der Waals surface area contributed by atoms with E-state index in [0.717, 1.165) is 57.2 Å². The van der Waals surface area contributed by atoms with E-state index in [9.17, 15) is 0 Å². The molecular formula is C12H16N4O. The average Bonchev–Trinajstić information content (AvgIpc) is 2.78. The van der Waals surface area contributed by atoms with Gasteiger partial charge in [-0.2, -0.15) is 5.26 Å². The molecule has 3 heterocycles. The number of rotatable bonds is 1. The Morgan fingerprint density at radius 3 is 3.00 bits per heavy atom. The zero-order chi connectivity index (χ0) is 11.7. The summed E-state index contributed by atoms with van der Waals surface area (Å²) in [6, 6.07) is 2.21. The molecule has 17 heavy (non-hydrogen) atoms. The van der Waals surface area contributed by atoms with Crippen molar-refractivity contribution in [2.75, 3.05) is 19.8 Å². The van der Waals surface area contributed by atoms with Crippen LogP contribution in [0.2, 0.25) is 0 Å². The highest BCUT2D eigenvalue weighted by molar-refractivity contribution is 5.31. The topological polar surface area (TPSA) is 62.9 Å². The van der Waals surface area contributed by atoms with Crippen molar-refractivity contribution < 1.29 is 4.74 Å². The minimum atomic E-state index is 0.461. The summed E-state index contributed by atoms with van der Waals surface area (Å²) in [5, 5.41) is 12.4. The number of aromatic nitrogens is 2. The average molecular weight is 232 g/mol. The van der Waals surface area contributed by atoms with Crippen molar-refractivity contribution in [1.29, 1.82) is 5.26 Å². The Kier molecular flexibility index (Phi) is 2.83. The zero-order valence-corrected chi connectivity index (χ0v) is 9.78. The van der Waals surface area contributed by atoms with E-state index in [4.69, 9.17) is 10.00 Å². The van der Waals surface area contributed by atoms with Gasteiger partial charge >= 0.3 is 0 Å². The molecule has 0 unspecified atom stereocenters. The maximum Gasteiger partial charge on any atom is 0.163 e. The summed E-state index contributed by atoms with van der Waals surface area (Å²) in [6.07, 6.45) is 2.05. The van der Waals surface area contributed by atoms with E-state index in [0.29, 0.717) is 11.6 Å². The van der Waals surface area contributed by atoms with Gasteiger partial charge in [0.05, 0.1) is 5.69 Å². The third-order valence-electron chi connectivity index (χ3n) is 3.60. The Bertz CT molecular complexity index is 454. The lowest BCUT2D eigenvalue weighted by Gasteiger charge is -2.24. The maximum atomic E-state index is 9.13. The number of ether oxygens (including phenoxy) is 1. The lowest BCUT2D eigenvalue weighted by Crippen LogP contribution is -2.30. The predicted octanol–water partition coefficient (Wildman–Crippen LogP) is 0.752. The summed E-state index contributed by atoms with van der Waals surface area (Å²) in [7, 11) is 0. The lowest BCUT2D eigenvalue weighted by atomic mass is 9.99. The van der Waals surface area contributed by atoms with E-state index < -0.39 is 0 Å². The van der Waals surface area contributed by atoms with E-state index in [2.05, 4.69) is 20.9 Å². The van der Waals surface area contributed by atoms with Crippen molar-refractivity contribution in [3.63, 3.8) is 0 Å². The van der Waals surface area contributed by atoms with Crippen molar-refractivity contribution in [2.24, 2.45) is 0 Å². The Labute approximate surface area is 100 Å². The fourth-order valence-corrected chi connectivity index (χ4v) is 2.69. The van der Waals surface area contributed by atoms with E-state index in [1.807, 2.05) is 0 Å². The summed E-state index contributed by atoms with van der Waals surface area (Å²) in [6.45, 7) is 4.28. The van der Waals surface area contributed by atoms with Crippen molar-refractivity contribution in [3.8, 4) is 6.07 Å². The molecule has 0 spiro atoms. The van der Waals surface area contributed by atoms with Crippen LogP contribution in [-0.4, -0.2) is 29.3 Å². The summed E-state index contributed by atoms with van der Waals surface area (Å²) in [4.78, 5) is 4.54. The molecule has 0 radical (unpaired) electrons. The molecule has 2 aliphatic heterocycles. The molecule has 5 heteroatoms. The molecular weight excluding hydrogens is 216 g/mol. The predicted molar refractivity (Wildman–Crippen MR) is 61.4 cm³/mol. The first-order chi connectivity index (χ1) is 8.40. The summed E-state index contributed by atoms with van der Waals surface area (Å²) < 4.78 is 7.63. The molecule has 0 amide bonds. The fraction of sp³-hybridized carbons (Fsp3) is 0.667. The van der Waals surface area contributed by atoms with Crippen molar-refractivity contribution >= 4 is 0 Å². The number of nitrogens with one attached hydrogen (secondary N) is 1. The maximum absolute atomic E-state index is 9.13. The Hall–Kier alpha value is -1.38. The van der Waals surface area contributed by atoms with Gasteiger partial charge in [0.1, 0.15) is 11.9 Å². The quantitative estimate of drug-likeness (QED) is 0.776. The minimum Gasteiger partial charge on any atom is -0.381 e. The second-order valence-electron chi connectivity index (χ2n) is 4.59. The van der Waals surface area contributed by atoms with E-state index >= 15 is 0 Å². The van der Waals surface area contributed by atoms with E-state index in [-0.39, 0.29) is 0 Å². The van der Waals surface area contributed by atoms with Crippen LogP contribution in [0, 0.1) is 11.3 Å². The summed E-state index contributed by atoms with van der Waals surface area (Å²) >= 11 is 0. The first kappa shape index (κ1) is 10.8. The Morgan fingerprint density at radius 1 is 1.41 bits per heavy atom. The molecule has 0 aromatic carbocycles. The van der Waals surface area contributed by atoms with Gasteiger partial charge in [0.2, 0.25) is 0 Å². The first-order valence-electron chi connectivity index (χ1n) is 6.18. The van der Waals surface area contributed by atoms with Crippen molar-refractivity contribution in [3.05, 3.63) is 17.2 Å². The molecule has 1 fully saturated rings. The molecule has 0 atom stereocenters. The van der Waals surface area contributed by atoms with Gasteiger partial charge < -0.3 is 14.6 Å². The van der Waals surface area contributed by atoms with Crippen LogP contribution in [0.15, 0.2) is 0 Å². The second-order valence-corrected chi connectivity index (χ2v) is 4.59. The Balaban J connectivity index is 1.98. The number of nitrogens with zero attached hydrogens (tertiary/aromatic N) is 3. The smallest absolute Gasteiger partial charge is 0.163 e. The normalized spacial score (nSPS) is 20.9. The molecule has 0 saturated carbocycles. The molecule has 1 saturated heterocycles. The standard InChI is InChI=1S/C12H16N4O/c13-7-10-11-8-14-3-4-16(11)12(15-10)9-1-5-17-6-2-9/h9,14H,1-6,8H2. The highest BCUT2D eigenvalue weighted by atomic mass is 16.5. The molecule has 0 bridgehead atoms. The fourth-order valence-electron chi connectivity index (χ4n) is 2.69. The van der Waals surface area contributed by atoms with Crippen LogP contribution in [0.1, 0.15) is 36.0 Å². The molecule has 2 aliphatic rings. The second kappa shape index (κ2) is 4.47. The third kappa shape index (κ3) is 1.84. The number of fused-ring (bicyclic) bond motifs is 1. The number of hydrogen-bond donors (Lipinski definition) is 1. The van der Waals surface area contributed by atoms with Gasteiger partial charge in [0.15, 0.2) is 5.69 Å². The monoisotopic (exact) mass is 232 g/mol. The van der Waals surface area contributed by atoms with Crippen molar-refractivity contribution in [1.82, 2.24) is 14.9 Å².